The first kappa shape index (κ1) is 10.2. The summed E-state index contributed by atoms with van der Waals surface area (Å²) in [6, 6.07) is 3.94. The Kier molecular flexibility index (Phi) is 4.13. The molecule has 0 aliphatic heterocycles. The standard InChI is InChI=1S/C7H10N2.C2H3N3/c1-9(2)7-3-5-8-6-4-7;1-2-4-5-3-1/h3-6H,1-2H3;1-2H,(H,3,4,5). The normalized spacial score (nSPS) is 8.71. The molecule has 1 N–H and O–H groups in total. The van der Waals surface area contributed by atoms with Crippen LogP contribution in [0.5, 0.6) is 0 Å². The summed E-state index contributed by atoms with van der Waals surface area (Å²) in [5, 5.41) is 9.26. The minimum absolute atomic E-state index is 1.19. The predicted molar refractivity (Wildman–Crippen MR) is 54.9 cm³/mol. The van der Waals surface area contributed by atoms with E-state index in [0.717, 1.165) is 0 Å². The van der Waals surface area contributed by atoms with Crippen LogP contribution in [0.1, 0.15) is 0 Å². The van der Waals surface area contributed by atoms with Gasteiger partial charge in [0.2, 0.25) is 0 Å². The van der Waals surface area contributed by atoms with E-state index >= 15 is 0 Å². The van der Waals surface area contributed by atoms with Crippen molar-refractivity contribution in [2.75, 3.05) is 19.0 Å². The number of aromatic nitrogens is 4. The number of nitrogens with zero attached hydrogens (tertiary/aromatic N) is 4. The molecule has 5 nitrogen and oxygen atoms in total. The summed E-state index contributed by atoms with van der Waals surface area (Å²) in [5.41, 5.74) is 1.19. The Morgan fingerprint density at radius 3 is 2.14 bits per heavy atom. The van der Waals surface area contributed by atoms with Gasteiger partial charge in [0.1, 0.15) is 0 Å². The van der Waals surface area contributed by atoms with E-state index in [1.165, 1.54) is 5.69 Å². The maximum absolute atomic E-state index is 3.90. The van der Waals surface area contributed by atoms with Crippen molar-refractivity contribution in [1.29, 1.82) is 0 Å². The fraction of sp³-hybridized carbons (Fsp3) is 0.222. The smallest absolute Gasteiger partial charge is 0.0690 e. The summed E-state index contributed by atoms with van der Waals surface area (Å²) in [6.45, 7) is 0. The van der Waals surface area contributed by atoms with Crippen LogP contribution in [0.3, 0.4) is 0 Å². The molecule has 5 heteroatoms. The SMILES string of the molecule is CN(C)c1ccncc1.c1c[nH]nn1. The van der Waals surface area contributed by atoms with Crippen molar-refractivity contribution in [2.45, 2.75) is 0 Å². The van der Waals surface area contributed by atoms with Gasteiger partial charge in [0.15, 0.2) is 0 Å². The molecule has 0 unspecified atom stereocenters. The van der Waals surface area contributed by atoms with Crippen LogP contribution in [0.25, 0.3) is 0 Å². The predicted octanol–water partition coefficient (Wildman–Crippen LogP) is 0.952. The summed E-state index contributed by atoms with van der Waals surface area (Å²) in [6.07, 6.45) is 6.81. The van der Waals surface area contributed by atoms with Gasteiger partial charge in [0, 0.05) is 38.4 Å². The van der Waals surface area contributed by atoms with E-state index in [9.17, 15) is 0 Å². The second-order valence-corrected chi connectivity index (χ2v) is 2.76. The van der Waals surface area contributed by atoms with E-state index in [2.05, 4.69) is 20.4 Å². The molecule has 0 fully saturated rings. The zero-order valence-corrected chi connectivity index (χ0v) is 8.25. The monoisotopic (exact) mass is 191 g/mol. The van der Waals surface area contributed by atoms with Gasteiger partial charge in [-0.3, -0.25) is 10.1 Å². The molecule has 2 rings (SSSR count). The highest BCUT2D eigenvalue weighted by atomic mass is 15.3. The lowest BCUT2D eigenvalue weighted by atomic mass is 10.4. The van der Waals surface area contributed by atoms with E-state index in [1.54, 1.807) is 24.8 Å². The molecule has 0 aromatic carbocycles. The number of anilines is 1. The van der Waals surface area contributed by atoms with Crippen LogP contribution in [-0.4, -0.2) is 34.5 Å². The Morgan fingerprint density at radius 2 is 1.86 bits per heavy atom. The Labute approximate surface area is 82.8 Å². The van der Waals surface area contributed by atoms with E-state index in [4.69, 9.17) is 0 Å². The molecular formula is C9H13N5. The molecule has 0 saturated carbocycles. The molecule has 0 radical (unpaired) electrons. The summed E-state index contributed by atoms with van der Waals surface area (Å²) in [4.78, 5) is 5.94. The van der Waals surface area contributed by atoms with Crippen LogP contribution in [0.4, 0.5) is 5.69 Å². The van der Waals surface area contributed by atoms with Crippen molar-refractivity contribution in [3.05, 3.63) is 36.9 Å². The molecule has 14 heavy (non-hydrogen) atoms. The molecule has 74 valence electrons. The molecule has 0 aliphatic rings. The Hall–Kier alpha value is -1.91. The fourth-order valence-corrected chi connectivity index (χ4v) is 0.809. The number of H-pyrrole nitrogens is 1. The summed E-state index contributed by atoms with van der Waals surface area (Å²) >= 11 is 0. The fourth-order valence-electron chi connectivity index (χ4n) is 0.809. The largest absolute Gasteiger partial charge is 0.378 e. The van der Waals surface area contributed by atoms with Gasteiger partial charge in [-0.15, -0.1) is 5.10 Å². The van der Waals surface area contributed by atoms with Gasteiger partial charge in [-0.2, -0.15) is 0 Å². The number of aromatic amines is 1. The minimum atomic E-state index is 1.19. The van der Waals surface area contributed by atoms with Gasteiger partial charge in [-0.05, 0) is 12.1 Å². The highest BCUT2D eigenvalue weighted by molar-refractivity contribution is 5.42. The quantitative estimate of drug-likeness (QED) is 0.729. The number of pyridine rings is 1. The molecule has 0 atom stereocenters. The molecule has 0 saturated heterocycles. The van der Waals surface area contributed by atoms with Gasteiger partial charge < -0.3 is 4.90 Å². The lowest BCUT2D eigenvalue weighted by Crippen LogP contribution is -2.07. The molecule has 0 aliphatic carbocycles. The van der Waals surface area contributed by atoms with Crippen molar-refractivity contribution in [3.8, 4) is 0 Å². The van der Waals surface area contributed by atoms with E-state index in [0.29, 0.717) is 0 Å². The molecule has 2 aromatic heterocycles. The lowest BCUT2D eigenvalue weighted by molar-refractivity contribution is 0.940. The number of hydrogen-bond donors (Lipinski definition) is 1. The summed E-state index contributed by atoms with van der Waals surface area (Å²) in [5.74, 6) is 0. The van der Waals surface area contributed by atoms with Gasteiger partial charge in [0.05, 0.1) is 6.20 Å². The Morgan fingerprint density at radius 1 is 1.14 bits per heavy atom. The maximum Gasteiger partial charge on any atom is 0.0690 e. The van der Waals surface area contributed by atoms with E-state index in [1.807, 2.05) is 31.1 Å². The third kappa shape index (κ3) is 3.66. The lowest BCUT2D eigenvalue weighted by Gasteiger charge is -2.10. The van der Waals surface area contributed by atoms with Crippen LogP contribution in [0.2, 0.25) is 0 Å². The van der Waals surface area contributed by atoms with Crippen LogP contribution in [0.15, 0.2) is 36.9 Å². The van der Waals surface area contributed by atoms with E-state index in [-0.39, 0.29) is 0 Å². The van der Waals surface area contributed by atoms with Gasteiger partial charge >= 0.3 is 0 Å². The maximum atomic E-state index is 3.90. The van der Waals surface area contributed by atoms with Crippen LogP contribution >= 0.6 is 0 Å². The number of rotatable bonds is 1. The van der Waals surface area contributed by atoms with Crippen molar-refractivity contribution in [2.24, 2.45) is 0 Å². The number of nitrogens with one attached hydrogen (secondary N) is 1. The first-order valence-corrected chi connectivity index (χ1v) is 4.18. The molecule has 0 spiro atoms. The molecule has 2 heterocycles. The molecular weight excluding hydrogens is 178 g/mol. The van der Waals surface area contributed by atoms with Gasteiger partial charge in [0.25, 0.3) is 0 Å². The van der Waals surface area contributed by atoms with Crippen molar-refractivity contribution < 1.29 is 0 Å². The van der Waals surface area contributed by atoms with Crippen molar-refractivity contribution in [3.63, 3.8) is 0 Å². The highest BCUT2D eigenvalue weighted by Gasteiger charge is 1.88. The molecule has 0 amide bonds. The van der Waals surface area contributed by atoms with Crippen LogP contribution in [0, 0.1) is 0 Å². The van der Waals surface area contributed by atoms with E-state index < -0.39 is 0 Å². The Balaban J connectivity index is 0.000000165. The molecule has 0 bridgehead atoms. The third-order valence-electron chi connectivity index (χ3n) is 1.51. The topological polar surface area (TPSA) is 57.7 Å². The average molecular weight is 191 g/mol. The highest BCUT2D eigenvalue weighted by Crippen LogP contribution is 2.05. The zero-order chi connectivity index (χ0) is 10.2. The third-order valence-corrected chi connectivity index (χ3v) is 1.51. The first-order chi connectivity index (χ1) is 6.80. The average Bonchev–Trinajstić information content (AvgIpc) is 2.77. The summed E-state index contributed by atoms with van der Waals surface area (Å²) < 4.78 is 0. The van der Waals surface area contributed by atoms with Gasteiger partial charge in [-0.1, -0.05) is 5.21 Å². The minimum Gasteiger partial charge on any atom is -0.378 e. The van der Waals surface area contributed by atoms with Crippen LogP contribution in [-0.2, 0) is 0 Å². The van der Waals surface area contributed by atoms with Crippen molar-refractivity contribution in [1.82, 2.24) is 20.4 Å². The zero-order valence-electron chi connectivity index (χ0n) is 8.25. The van der Waals surface area contributed by atoms with Gasteiger partial charge in [-0.25, -0.2) is 0 Å². The number of hydrogen-bond acceptors (Lipinski definition) is 4. The second-order valence-electron chi connectivity index (χ2n) is 2.76. The second kappa shape index (κ2) is 5.69. The Bertz CT molecular complexity index is 299. The molecule has 2 aromatic rings. The first-order valence-electron chi connectivity index (χ1n) is 4.18. The van der Waals surface area contributed by atoms with Crippen molar-refractivity contribution >= 4 is 5.69 Å². The summed E-state index contributed by atoms with van der Waals surface area (Å²) in [7, 11) is 4.02. The van der Waals surface area contributed by atoms with Crippen LogP contribution < -0.4 is 4.90 Å².